The number of aliphatic carboxylic acids is 1. The number of carboxylic acids is 1. The molecule has 0 aliphatic rings. The van der Waals surface area contributed by atoms with E-state index in [1.807, 2.05) is 0 Å². The standard InChI is InChI=1S/C10H5F6NO2/c11-9(12,13)6-3-1-5(2-4-7(18)19)8(17-6)10(14,15)16/h1-4H,(H,18,19)/b4-2+. The highest BCUT2D eigenvalue weighted by atomic mass is 19.4. The Morgan fingerprint density at radius 2 is 1.68 bits per heavy atom. The third-order valence-electron chi connectivity index (χ3n) is 1.89. The summed E-state index contributed by atoms with van der Waals surface area (Å²) in [6.45, 7) is 0. The van der Waals surface area contributed by atoms with Gasteiger partial charge < -0.3 is 5.11 Å². The summed E-state index contributed by atoms with van der Waals surface area (Å²) < 4.78 is 74.4. The van der Waals surface area contributed by atoms with Crippen LogP contribution in [0.3, 0.4) is 0 Å². The van der Waals surface area contributed by atoms with Crippen LogP contribution in [0.25, 0.3) is 6.08 Å². The van der Waals surface area contributed by atoms with E-state index in [4.69, 9.17) is 5.11 Å². The van der Waals surface area contributed by atoms with Crippen molar-refractivity contribution in [1.29, 1.82) is 0 Å². The third kappa shape index (κ3) is 3.97. The second kappa shape index (κ2) is 4.90. The van der Waals surface area contributed by atoms with E-state index in [2.05, 4.69) is 4.98 Å². The lowest BCUT2D eigenvalue weighted by Gasteiger charge is -2.12. The topological polar surface area (TPSA) is 50.2 Å². The molecule has 0 fully saturated rings. The lowest BCUT2D eigenvalue weighted by Crippen LogP contribution is -2.16. The Morgan fingerprint density at radius 3 is 2.11 bits per heavy atom. The van der Waals surface area contributed by atoms with Crippen LogP contribution in [-0.4, -0.2) is 16.1 Å². The molecule has 0 amide bonds. The third-order valence-corrected chi connectivity index (χ3v) is 1.89. The average Bonchev–Trinajstić information content (AvgIpc) is 2.23. The number of pyridine rings is 1. The van der Waals surface area contributed by atoms with Crippen molar-refractivity contribution in [1.82, 2.24) is 4.98 Å². The molecule has 0 bridgehead atoms. The monoisotopic (exact) mass is 285 g/mol. The van der Waals surface area contributed by atoms with Crippen molar-refractivity contribution in [2.75, 3.05) is 0 Å². The molecule has 0 spiro atoms. The van der Waals surface area contributed by atoms with E-state index in [1.54, 1.807) is 0 Å². The zero-order valence-electron chi connectivity index (χ0n) is 8.88. The lowest BCUT2D eigenvalue weighted by atomic mass is 10.1. The van der Waals surface area contributed by atoms with Gasteiger partial charge in [0.2, 0.25) is 0 Å². The minimum Gasteiger partial charge on any atom is -0.478 e. The van der Waals surface area contributed by atoms with Gasteiger partial charge in [-0.25, -0.2) is 9.78 Å². The Balaban J connectivity index is 3.38. The van der Waals surface area contributed by atoms with Crippen molar-refractivity contribution in [2.45, 2.75) is 12.4 Å². The van der Waals surface area contributed by atoms with Gasteiger partial charge >= 0.3 is 18.3 Å². The average molecular weight is 285 g/mol. The van der Waals surface area contributed by atoms with E-state index >= 15 is 0 Å². The first-order chi connectivity index (χ1) is 8.51. The summed E-state index contributed by atoms with van der Waals surface area (Å²) >= 11 is 0. The van der Waals surface area contributed by atoms with E-state index in [-0.39, 0.29) is 0 Å². The predicted molar refractivity (Wildman–Crippen MR) is 50.9 cm³/mol. The van der Waals surface area contributed by atoms with Crippen LogP contribution in [0.4, 0.5) is 26.3 Å². The van der Waals surface area contributed by atoms with Crippen molar-refractivity contribution in [3.8, 4) is 0 Å². The summed E-state index contributed by atoms with van der Waals surface area (Å²) in [4.78, 5) is 12.7. The van der Waals surface area contributed by atoms with Crippen LogP contribution in [-0.2, 0) is 17.1 Å². The van der Waals surface area contributed by atoms with Crippen LogP contribution in [0.1, 0.15) is 17.0 Å². The summed E-state index contributed by atoms with van der Waals surface area (Å²) in [5.74, 6) is -1.53. The van der Waals surface area contributed by atoms with Crippen molar-refractivity contribution in [2.24, 2.45) is 0 Å². The fourth-order valence-electron chi connectivity index (χ4n) is 1.15. The van der Waals surface area contributed by atoms with Gasteiger partial charge in [0.05, 0.1) is 0 Å². The van der Waals surface area contributed by atoms with E-state index in [1.165, 1.54) is 0 Å². The number of alkyl halides is 6. The summed E-state index contributed by atoms with van der Waals surface area (Å²) in [5, 5.41) is 8.28. The molecule has 1 aromatic rings. The first-order valence-electron chi connectivity index (χ1n) is 4.58. The van der Waals surface area contributed by atoms with Crippen LogP contribution < -0.4 is 0 Å². The van der Waals surface area contributed by atoms with Gasteiger partial charge in [-0.15, -0.1) is 0 Å². The van der Waals surface area contributed by atoms with E-state index < -0.39 is 35.3 Å². The summed E-state index contributed by atoms with van der Waals surface area (Å²) in [6, 6.07) is 0.856. The SMILES string of the molecule is O=C(O)/C=C/c1ccc(C(F)(F)F)nc1C(F)(F)F. The minimum absolute atomic E-state index is 0.344. The molecule has 104 valence electrons. The number of rotatable bonds is 2. The first kappa shape index (κ1) is 15.0. The van der Waals surface area contributed by atoms with Crippen molar-refractivity contribution < 1.29 is 36.2 Å². The van der Waals surface area contributed by atoms with Crippen LogP contribution in [0.2, 0.25) is 0 Å². The number of hydrogen-bond acceptors (Lipinski definition) is 2. The number of carboxylic acid groups (broad SMARTS) is 1. The van der Waals surface area contributed by atoms with E-state index in [9.17, 15) is 31.1 Å². The number of aromatic nitrogens is 1. The van der Waals surface area contributed by atoms with Crippen LogP contribution >= 0.6 is 0 Å². The largest absolute Gasteiger partial charge is 0.478 e. The zero-order chi connectivity index (χ0) is 14.8. The Bertz CT molecular complexity index is 518. The van der Waals surface area contributed by atoms with Gasteiger partial charge in [-0.3, -0.25) is 0 Å². The quantitative estimate of drug-likeness (QED) is 0.670. The molecule has 0 radical (unpaired) electrons. The van der Waals surface area contributed by atoms with Crippen LogP contribution in [0, 0.1) is 0 Å². The molecule has 9 heteroatoms. The Kier molecular flexibility index (Phi) is 3.87. The maximum absolute atomic E-state index is 12.5. The molecule has 0 aliphatic carbocycles. The van der Waals surface area contributed by atoms with Crippen LogP contribution in [0.5, 0.6) is 0 Å². The fraction of sp³-hybridized carbons (Fsp3) is 0.200. The van der Waals surface area contributed by atoms with E-state index in [0.29, 0.717) is 24.3 Å². The maximum atomic E-state index is 12.5. The fourth-order valence-corrected chi connectivity index (χ4v) is 1.15. The normalized spacial score (nSPS) is 12.9. The number of nitrogens with zero attached hydrogens (tertiary/aromatic N) is 1. The molecule has 0 saturated carbocycles. The number of carbonyl (C=O) groups is 1. The summed E-state index contributed by atoms with van der Waals surface area (Å²) in [7, 11) is 0. The van der Waals surface area contributed by atoms with Gasteiger partial charge in [-0.2, -0.15) is 26.3 Å². The molecule has 1 rings (SSSR count). The molecule has 0 unspecified atom stereocenters. The van der Waals surface area contributed by atoms with Gasteiger partial charge in [-0.05, 0) is 12.1 Å². The van der Waals surface area contributed by atoms with Crippen molar-refractivity contribution in [3.05, 3.63) is 35.2 Å². The molecule has 0 aromatic carbocycles. The Labute approximate surface area is 102 Å². The van der Waals surface area contributed by atoms with Gasteiger partial charge in [0.15, 0.2) is 5.69 Å². The Morgan fingerprint density at radius 1 is 1.11 bits per heavy atom. The second-order valence-corrected chi connectivity index (χ2v) is 3.30. The van der Waals surface area contributed by atoms with Crippen molar-refractivity contribution >= 4 is 12.0 Å². The van der Waals surface area contributed by atoms with Gasteiger partial charge in [0.25, 0.3) is 0 Å². The molecule has 19 heavy (non-hydrogen) atoms. The highest BCUT2D eigenvalue weighted by molar-refractivity contribution is 5.85. The van der Waals surface area contributed by atoms with Gasteiger partial charge in [-0.1, -0.05) is 6.07 Å². The molecule has 0 aliphatic heterocycles. The molecule has 3 nitrogen and oxygen atoms in total. The van der Waals surface area contributed by atoms with Gasteiger partial charge in [0, 0.05) is 11.6 Å². The molecule has 0 atom stereocenters. The summed E-state index contributed by atoms with van der Waals surface area (Å²) in [6.07, 6.45) is -9.24. The maximum Gasteiger partial charge on any atom is 0.433 e. The minimum atomic E-state index is -5.13. The Hall–Kier alpha value is -2.06. The lowest BCUT2D eigenvalue weighted by molar-refractivity contribution is -0.150. The first-order valence-corrected chi connectivity index (χ1v) is 4.58. The molecule has 1 aromatic heterocycles. The molecular weight excluding hydrogens is 280 g/mol. The smallest absolute Gasteiger partial charge is 0.433 e. The molecular formula is C10H5F6NO2. The van der Waals surface area contributed by atoms with E-state index in [0.717, 1.165) is 0 Å². The highest BCUT2D eigenvalue weighted by Gasteiger charge is 2.39. The summed E-state index contributed by atoms with van der Waals surface area (Å²) in [5.41, 5.74) is -4.25. The molecule has 1 heterocycles. The molecule has 0 saturated heterocycles. The second-order valence-electron chi connectivity index (χ2n) is 3.30. The predicted octanol–water partition coefficient (Wildman–Crippen LogP) is 3.22. The van der Waals surface area contributed by atoms with Crippen molar-refractivity contribution in [3.63, 3.8) is 0 Å². The highest BCUT2D eigenvalue weighted by Crippen LogP contribution is 2.35. The molecule has 1 N–H and O–H groups in total. The van der Waals surface area contributed by atoms with Crippen LogP contribution in [0.15, 0.2) is 18.2 Å². The zero-order valence-corrected chi connectivity index (χ0v) is 8.88. The van der Waals surface area contributed by atoms with Gasteiger partial charge in [0.1, 0.15) is 5.69 Å². The number of hydrogen-bond donors (Lipinski definition) is 1. The number of halogens is 6.